The Bertz CT molecular complexity index is 958. The minimum Gasteiger partial charge on any atom is -0.385 e. The number of amides is 1. The molecule has 0 aliphatic carbocycles. The van der Waals surface area contributed by atoms with Gasteiger partial charge in [-0.15, -0.1) is 10.2 Å². The van der Waals surface area contributed by atoms with E-state index in [0.29, 0.717) is 50.3 Å². The Morgan fingerprint density at radius 1 is 1.29 bits per heavy atom. The SMILES string of the molecule is COCCCn1cnnc1S[C@@H](C)C(=O)Nc1ccc(S(=O)(=O)N2CCOCC2)cc1. The van der Waals surface area contributed by atoms with Gasteiger partial charge in [-0.25, -0.2) is 8.42 Å². The van der Waals surface area contributed by atoms with E-state index >= 15 is 0 Å². The van der Waals surface area contributed by atoms with Gasteiger partial charge in [0.15, 0.2) is 5.16 Å². The van der Waals surface area contributed by atoms with Crippen LogP contribution in [0.4, 0.5) is 5.69 Å². The van der Waals surface area contributed by atoms with Crippen LogP contribution >= 0.6 is 11.8 Å². The number of rotatable bonds is 10. The lowest BCUT2D eigenvalue weighted by Crippen LogP contribution is -2.40. The molecule has 1 amide bonds. The van der Waals surface area contributed by atoms with Gasteiger partial charge in [0.25, 0.3) is 0 Å². The molecule has 170 valence electrons. The van der Waals surface area contributed by atoms with E-state index in [0.717, 1.165) is 6.42 Å². The number of methoxy groups -OCH3 is 1. The van der Waals surface area contributed by atoms with E-state index < -0.39 is 15.3 Å². The summed E-state index contributed by atoms with van der Waals surface area (Å²) in [6.45, 7) is 4.58. The molecule has 1 aliphatic rings. The Kier molecular flexibility index (Phi) is 8.43. The van der Waals surface area contributed by atoms with Crippen molar-refractivity contribution in [1.82, 2.24) is 19.1 Å². The number of morpholine rings is 1. The molecule has 10 nitrogen and oxygen atoms in total. The lowest BCUT2D eigenvalue weighted by Gasteiger charge is -2.26. The number of hydrogen-bond donors (Lipinski definition) is 1. The van der Waals surface area contributed by atoms with E-state index in [1.165, 1.54) is 28.2 Å². The van der Waals surface area contributed by atoms with Crippen molar-refractivity contribution >= 4 is 33.4 Å². The molecule has 0 unspecified atom stereocenters. The van der Waals surface area contributed by atoms with Crippen molar-refractivity contribution in [2.75, 3.05) is 45.3 Å². The molecule has 1 fully saturated rings. The number of anilines is 1. The van der Waals surface area contributed by atoms with Crippen molar-refractivity contribution in [1.29, 1.82) is 0 Å². The van der Waals surface area contributed by atoms with Crippen molar-refractivity contribution in [3.8, 4) is 0 Å². The van der Waals surface area contributed by atoms with Crippen LogP contribution in [-0.2, 0) is 30.8 Å². The molecular weight excluding hydrogens is 442 g/mol. The molecule has 1 atom stereocenters. The van der Waals surface area contributed by atoms with Gasteiger partial charge in [0.1, 0.15) is 6.33 Å². The predicted molar refractivity (Wildman–Crippen MR) is 116 cm³/mol. The Hall–Kier alpha value is -1.99. The molecule has 1 aromatic carbocycles. The number of thioether (sulfide) groups is 1. The minimum absolute atomic E-state index is 0.194. The lowest BCUT2D eigenvalue weighted by molar-refractivity contribution is -0.115. The summed E-state index contributed by atoms with van der Waals surface area (Å²) in [6, 6.07) is 6.20. The summed E-state index contributed by atoms with van der Waals surface area (Å²) in [5.41, 5.74) is 0.528. The fourth-order valence-corrected chi connectivity index (χ4v) is 5.23. The molecule has 31 heavy (non-hydrogen) atoms. The number of carbonyl (C=O) groups is 1. The lowest BCUT2D eigenvalue weighted by atomic mass is 10.3. The first-order valence-corrected chi connectivity index (χ1v) is 12.3. The number of nitrogens with zero attached hydrogens (tertiary/aromatic N) is 4. The van der Waals surface area contributed by atoms with E-state index in [2.05, 4.69) is 15.5 Å². The van der Waals surface area contributed by atoms with E-state index in [9.17, 15) is 13.2 Å². The Morgan fingerprint density at radius 2 is 2.00 bits per heavy atom. The first-order chi connectivity index (χ1) is 14.9. The third-order valence-corrected chi connectivity index (χ3v) is 7.72. The second-order valence-corrected chi connectivity index (χ2v) is 10.2. The van der Waals surface area contributed by atoms with E-state index in [1.54, 1.807) is 32.5 Å². The summed E-state index contributed by atoms with van der Waals surface area (Å²) >= 11 is 1.31. The van der Waals surface area contributed by atoms with Crippen LogP contribution < -0.4 is 5.32 Å². The summed E-state index contributed by atoms with van der Waals surface area (Å²) in [5, 5.41) is 11.1. The number of sulfonamides is 1. The van der Waals surface area contributed by atoms with E-state index in [-0.39, 0.29) is 10.8 Å². The van der Waals surface area contributed by atoms with Crippen LogP contribution in [0, 0.1) is 0 Å². The minimum atomic E-state index is -3.56. The second-order valence-electron chi connectivity index (χ2n) is 6.94. The summed E-state index contributed by atoms with van der Waals surface area (Å²) in [6.07, 6.45) is 2.46. The number of carbonyl (C=O) groups excluding carboxylic acids is 1. The van der Waals surface area contributed by atoms with E-state index in [4.69, 9.17) is 9.47 Å². The Balaban J connectivity index is 1.57. The van der Waals surface area contributed by atoms with Crippen LogP contribution in [-0.4, -0.2) is 78.7 Å². The smallest absolute Gasteiger partial charge is 0.243 e. The molecule has 0 saturated carbocycles. The average Bonchev–Trinajstić information content (AvgIpc) is 3.21. The summed E-state index contributed by atoms with van der Waals surface area (Å²) in [7, 11) is -1.91. The zero-order valence-electron chi connectivity index (χ0n) is 17.6. The van der Waals surface area contributed by atoms with Crippen LogP contribution in [0.15, 0.2) is 40.6 Å². The summed E-state index contributed by atoms with van der Waals surface area (Å²) in [5.74, 6) is -0.208. The average molecular weight is 470 g/mol. The van der Waals surface area contributed by atoms with Gasteiger partial charge in [-0.05, 0) is 37.6 Å². The maximum absolute atomic E-state index is 12.7. The Labute approximate surface area is 186 Å². The van der Waals surface area contributed by atoms with Gasteiger partial charge in [-0.1, -0.05) is 11.8 Å². The van der Waals surface area contributed by atoms with Gasteiger partial charge >= 0.3 is 0 Å². The highest BCUT2D eigenvalue weighted by Gasteiger charge is 2.26. The van der Waals surface area contributed by atoms with Gasteiger partial charge in [0.2, 0.25) is 15.9 Å². The van der Waals surface area contributed by atoms with Crippen molar-refractivity contribution < 1.29 is 22.7 Å². The van der Waals surface area contributed by atoms with Crippen LogP contribution in [0.1, 0.15) is 13.3 Å². The van der Waals surface area contributed by atoms with Gasteiger partial charge in [0.05, 0.1) is 23.4 Å². The van der Waals surface area contributed by atoms with Crippen LogP contribution in [0.3, 0.4) is 0 Å². The number of hydrogen-bond acceptors (Lipinski definition) is 8. The third-order valence-electron chi connectivity index (χ3n) is 4.71. The van der Waals surface area contributed by atoms with Gasteiger partial charge < -0.3 is 19.4 Å². The van der Waals surface area contributed by atoms with Crippen molar-refractivity contribution in [3.63, 3.8) is 0 Å². The maximum atomic E-state index is 12.7. The number of nitrogens with one attached hydrogen (secondary N) is 1. The van der Waals surface area contributed by atoms with E-state index in [1.807, 2.05) is 4.57 Å². The molecule has 3 rings (SSSR count). The first-order valence-electron chi connectivity index (χ1n) is 9.94. The molecule has 0 bridgehead atoms. The zero-order valence-corrected chi connectivity index (χ0v) is 19.2. The highest BCUT2D eigenvalue weighted by molar-refractivity contribution is 8.00. The number of aryl methyl sites for hydroxylation is 1. The standard InChI is InChI=1S/C19H27N5O5S2/c1-15(30-19-22-20-14-23(19)8-3-11-28-2)18(25)21-16-4-6-17(7-5-16)31(26,27)24-9-12-29-13-10-24/h4-7,14-15H,3,8-13H2,1-2H3,(H,21,25)/t15-/m0/s1. The Morgan fingerprint density at radius 3 is 2.68 bits per heavy atom. The maximum Gasteiger partial charge on any atom is 0.243 e. The normalized spacial score (nSPS) is 16.2. The number of aromatic nitrogens is 3. The van der Waals surface area contributed by atoms with Gasteiger partial charge in [-0.2, -0.15) is 4.31 Å². The van der Waals surface area contributed by atoms with Crippen molar-refractivity contribution in [2.45, 2.75) is 35.2 Å². The number of ether oxygens (including phenoxy) is 2. The van der Waals surface area contributed by atoms with Crippen LogP contribution in [0.25, 0.3) is 0 Å². The molecule has 1 N–H and O–H groups in total. The van der Waals surface area contributed by atoms with Crippen molar-refractivity contribution in [2.24, 2.45) is 0 Å². The molecule has 2 heterocycles. The highest BCUT2D eigenvalue weighted by atomic mass is 32.2. The van der Waals surface area contributed by atoms with Crippen LogP contribution in [0.2, 0.25) is 0 Å². The van der Waals surface area contributed by atoms with Crippen LogP contribution in [0.5, 0.6) is 0 Å². The van der Waals surface area contributed by atoms with Crippen molar-refractivity contribution in [3.05, 3.63) is 30.6 Å². The predicted octanol–water partition coefficient (Wildman–Crippen LogP) is 1.45. The summed E-state index contributed by atoms with van der Waals surface area (Å²) < 4.78 is 38.9. The molecule has 12 heteroatoms. The van der Waals surface area contributed by atoms with Gasteiger partial charge in [0, 0.05) is 39.0 Å². The number of benzene rings is 1. The molecule has 0 radical (unpaired) electrons. The third kappa shape index (κ3) is 6.26. The first kappa shape index (κ1) is 23.7. The molecule has 1 aromatic heterocycles. The fraction of sp³-hybridized carbons (Fsp3) is 0.526. The summed E-state index contributed by atoms with van der Waals surface area (Å²) in [4.78, 5) is 12.8. The quantitative estimate of drug-likeness (QED) is 0.411. The molecule has 1 saturated heterocycles. The topological polar surface area (TPSA) is 116 Å². The molecule has 2 aromatic rings. The molecule has 1 aliphatic heterocycles. The monoisotopic (exact) mass is 469 g/mol. The molecule has 0 spiro atoms. The largest absolute Gasteiger partial charge is 0.385 e. The highest BCUT2D eigenvalue weighted by Crippen LogP contribution is 2.23. The molecular formula is C19H27N5O5S2. The second kappa shape index (κ2) is 11.0. The van der Waals surface area contributed by atoms with Gasteiger partial charge in [-0.3, -0.25) is 4.79 Å². The zero-order chi connectivity index (χ0) is 22.3. The fourth-order valence-electron chi connectivity index (χ4n) is 2.97.